The van der Waals surface area contributed by atoms with Gasteiger partial charge in [0.2, 0.25) is 0 Å². The van der Waals surface area contributed by atoms with Gasteiger partial charge in [0.25, 0.3) is 0 Å². The Kier molecular flexibility index (Phi) is 9.89. The highest BCUT2D eigenvalue weighted by atomic mass is 15.2. The molecule has 12 aromatic rings. The fourth-order valence-electron chi connectivity index (χ4n) is 11.2. The molecule has 2 nitrogen and oxygen atoms in total. The lowest BCUT2D eigenvalue weighted by Gasteiger charge is -2.26. The number of rotatable bonds is 10. The highest BCUT2D eigenvalue weighted by Gasteiger charge is 2.34. The first-order valence-corrected chi connectivity index (χ1v) is 24.8. The van der Waals surface area contributed by atoms with Crippen molar-refractivity contribution in [2.75, 3.05) is 4.90 Å². The van der Waals surface area contributed by atoms with Crippen LogP contribution in [0.1, 0.15) is 0 Å². The summed E-state index contributed by atoms with van der Waals surface area (Å²) in [5.74, 6) is 0. The SMILES string of the molecule is c1ccc(-c2ccc(-c3cc4c(N(c5cccc(-c6ccc7c(c6)c6ccccc6n7-c6ccccc6)c5)c5ccccc5-c5cccc6cccc(-c7ccccc7)c56)c-4c3)cc2-c2ccccc2)cc1. The molecule has 336 valence electrons. The number of fused-ring (bicyclic) bond motifs is 5. The van der Waals surface area contributed by atoms with Crippen LogP contribution in [0.5, 0.6) is 0 Å². The molecule has 0 fully saturated rings. The van der Waals surface area contributed by atoms with Crippen LogP contribution in [-0.2, 0) is 0 Å². The minimum atomic E-state index is 1.11. The number of hydrogen-bond acceptors (Lipinski definition) is 1. The Morgan fingerprint density at radius 2 is 0.778 bits per heavy atom. The van der Waals surface area contributed by atoms with Crippen molar-refractivity contribution in [3.8, 4) is 83.6 Å². The molecule has 0 aliphatic heterocycles. The van der Waals surface area contributed by atoms with E-state index in [1.165, 1.54) is 116 Å². The van der Waals surface area contributed by atoms with E-state index >= 15 is 0 Å². The van der Waals surface area contributed by atoms with Gasteiger partial charge in [-0.25, -0.2) is 0 Å². The van der Waals surface area contributed by atoms with Crippen molar-refractivity contribution in [3.63, 3.8) is 0 Å². The quantitative estimate of drug-likeness (QED) is 0.133. The molecule has 2 aliphatic carbocycles. The molecule has 1 heterocycles. The average molecular weight is 915 g/mol. The molecule has 11 aromatic carbocycles. The predicted octanol–water partition coefficient (Wildman–Crippen LogP) is 19.4. The zero-order chi connectivity index (χ0) is 47.5. The number of nitrogens with zero attached hydrogens (tertiary/aromatic N) is 2. The summed E-state index contributed by atoms with van der Waals surface area (Å²) in [6.45, 7) is 0. The molecule has 0 atom stereocenters. The Morgan fingerprint density at radius 1 is 0.264 bits per heavy atom. The van der Waals surface area contributed by atoms with Gasteiger partial charge in [0.1, 0.15) is 0 Å². The molecule has 2 aliphatic rings. The van der Waals surface area contributed by atoms with E-state index in [1.807, 2.05) is 0 Å². The van der Waals surface area contributed by atoms with E-state index < -0.39 is 0 Å². The minimum Gasteiger partial charge on any atom is -0.309 e. The van der Waals surface area contributed by atoms with Crippen molar-refractivity contribution in [2.24, 2.45) is 0 Å². The van der Waals surface area contributed by atoms with E-state index in [0.717, 1.165) is 17.1 Å². The molecular formula is C70H46N2. The molecular weight excluding hydrogens is 869 g/mol. The predicted molar refractivity (Wildman–Crippen MR) is 305 cm³/mol. The standard InChI is InChI=1S/C70H46N2/c1-5-20-47(21-6-1)57-40-38-53(43-62(57)49-24-9-3-10-25-49)54-45-64-65(46-54)70(64)72(67-37-16-13-32-59(67)61-35-19-27-50-26-18-34-58(69(50)61)48-22-7-2-8-23-48)56-31-17-28-51(42-56)52-39-41-68-63(44-52)60-33-14-15-36-66(60)71(68)55-29-11-4-12-30-55/h1-46H. The normalized spacial score (nSPS) is 11.6. The maximum Gasteiger partial charge on any atom is 0.0620 e. The molecule has 0 radical (unpaired) electrons. The van der Waals surface area contributed by atoms with Gasteiger partial charge in [0.05, 0.1) is 22.4 Å². The number of anilines is 3. The van der Waals surface area contributed by atoms with Gasteiger partial charge in [-0.15, -0.1) is 0 Å². The maximum absolute atomic E-state index is 2.52. The number of para-hydroxylation sites is 3. The van der Waals surface area contributed by atoms with Crippen molar-refractivity contribution in [1.82, 2.24) is 4.57 Å². The highest BCUT2D eigenvalue weighted by Crippen LogP contribution is 2.60. The van der Waals surface area contributed by atoms with E-state index in [9.17, 15) is 0 Å². The van der Waals surface area contributed by atoms with E-state index in [-0.39, 0.29) is 0 Å². The number of hydrogen-bond donors (Lipinski definition) is 0. The van der Waals surface area contributed by atoms with Gasteiger partial charge >= 0.3 is 0 Å². The second-order valence-electron chi connectivity index (χ2n) is 18.8. The van der Waals surface area contributed by atoms with Crippen LogP contribution < -0.4 is 4.90 Å². The van der Waals surface area contributed by atoms with Crippen LogP contribution in [0.3, 0.4) is 0 Å². The van der Waals surface area contributed by atoms with Crippen LogP contribution in [0.4, 0.5) is 17.1 Å². The summed E-state index contributed by atoms with van der Waals surface area (Å²) >= 11 is 0. The van der Waals surface area contributed by atoms with Crippen molar-refractivity contribution < 1.29 is 0 Å². The number of aromatic nitrogens is 1. The Bertz CT molecular complexity index is 4160. The molecule has 0 spiro atoms. The average Bonchev–Trinajstić information content (AvgIpc) is 3.74. The first-order chi connectivity index (χ1) is 35.7. The molecule has 72 heavy (non-hydrogen) atoms. The second kappa shape index (κ2) is 17.2. The summed E-state index contributed by atoms with van der Waals surface area (Å²) in [6.07, 6.45) is 0. The smallest absolute Gasteiger partial charge is 0.0620 e. The Hall–Kier alpha value is -9.50. The third-order valence-electron chi connectivity index (χ3n) is 14.6. The summed E-state index contributed by atoms with van der Waals surface area (Å²) in [7, 11) is 0. The Morgan fingerprint density at radius 3 is 1.51 bits per heavy atom. The molecule has 0 saturated carbocycles. The van der Waals surface area contributed by atoms with Gasteiger partial charge in [-0.05, 0) is 139 Å². The zero-order valence-corrected chi connectivity index (χ0v) is 39.5. The summed E-state index contributed by atoms with van der Waals surface area (Å²) in [5.41, 5.74) is 24.1. The molecule has 0 unspecified atom stereocenters. The zero-order valence-electron chi connectivity index (χ0n) is 39.5. The van der Waals surface area contributed by atoms with Gasteiger partial charge in [-0.1, -0.05) is 212 Å². The first-order valence-electron chi connectivity index (χ1n) is 24.8. The fourth-order valence-corrected chi connectivity index (χ4v) is 11.2. The highest BCUT2D eigenvalue weighted by molar-refractivity contribution is 6.16. The van der Waals surface area contributed by atoms with Crippen LogP contribution in [0.25, 0.3) is 116 Å². The van der Waals surface area contributed by atoms with Crippen LogP contribution >= 0.6 is 0 Å². The molecule has 1 aromatic heterocycles. The lowest BCUT2D eigenvalue weighted by atomic mass is 9.90. The largest absolute Gasteiger partial charge is 0.309 e. The van der Waals surface area contributed by atoms with Crippen LogP contribution in [0.15, 0.2) is 279 Å². The summed E-state index contributed by atoms with van der Waals surface area (Å²) in [6, 6.07) is 102. The topological polar surface area (TPSA) is 8.17 Å². The third kappa shape index (κ3) is 7.03. The van der Waals surface area contributed by atoms with Crippen molar-refractivity contribution in [2.45, 2.75) is 0 Å². The fraction of sp³-hybridized carbons (Fsp3) is 0. The minimum absolute atomic E-state index is 1.11. The monoisotopic (exact) mass is 914 g/mol. The summed E-state index contributed by atoms with van der Waals surface area (Å²) in [5, 5.41) is 4.95. The van der Waals surface area contributed by atoms with Gasteiger partial charge in [0, 0.05) is 38.8 Å². The lowest BCUT2D eigenvalue weighted by molar-refractivity contribution is 1.18. The van der Waals surface area contributed by atoms with Gasteiger partial charge in [0.15, 0.2) is 0 Å². The lowest BCUT2D eigenvalue weighted by Crippen LogP contribution is -2.08. The van der Waals surface area contributed by atoms with Gasteiger partial charge in [-0.3, -0.25) is 0 Å². The molecule has 0 N–H and O–H groups in total. The van der Waals surface area contributed by atoms with E-state index in [4.69, 9.17) is 0 Å². The molecule has 0 saturated heterocycles. The van der Waals surface area contributed by atoms with Gasteiger partial charge in [-0.2, -0.15) is 0 Å². The van der Waals surface area contributed by atoms with Crippen LogP contribution in [0, 0.1) is 0 Å². The first kappa shape index (κ1) is 41.5. The Balaban J connectivity index is 0.934. The second-order valence-corrected chi connectivity index (χ2v) is 18.8. The molecule has 0 bridgehead atoms. The Labute approximate surface area is 419 Å². The third-order valence-corrected chi connectivity index (χ3v) is 14.6. The van der Waals surface area contributed by atoms with Crippen molar-refractivity contribution in [1.29, 1.82) is 0 Å². The van der Waals surface area contributed by atoms with E-state index in [0.29, 0.717) is 0 Å². The van der Waals surface area contributed by atoms with E-state index in [2.05, 4.69) is 289 Å². The van der Waals surface area contributed by atoms with E-state index in [1.54, 1.807) is 0 Å². The maximum atomic E-state index is 2.52. The van der Waals surface area contributed by atoms with Gasteiger partial charge < -0.3 is 9.47 Å². The molecule has 14 rings (SSSR count). The van der Waals surface area contributed by atoms with Crippen LogP contribution in [-0.4, -0.2) is 4.57 Å². The number of benzene rings is 12. The summed E-state index contributed by atoms with van der Waals surface area (Å²) < 4.78 is 2.38. The molecule has 2 heteroatoms. The van der Waals surface area contributed by atoms with Crippen molar-refractivity contribution in [3.05, 3.63) is 279 Å². The van der Waals surface area contributed by atoms with Crippen LogP contribution in [0.2, 0.25) is 0 Å². The van der Waals surface area contributed by atoms with Crippen molar-refractivity contribution >= 4 is 49.6 Å². The summed E-state index contributed by atoms with van der Waals surface area (Å²) in [4.78, 5) is 2.52. The molecule has 0 amide bonds.